The van der Waals surface area contributed by atoms with Gasteiger partial charge < -0.3 is 59.7 Å². The monoisotopic (exact) mass is 819 g/mol. The summed E-state index contributed by atoms with van der Waals surface area (Å²) in [7, 11) is 0. The van der Waals surface area contributed by atoms with Crippen LogP contribution < -0.4 is 16.0 Å². The number of carbonyl (C=O) groups is 6. The van der Waals surface area contributed by atoms with E-state index in [1.807, 2.05) is 20.8 Å². The van der Waals surface area contributed by atoms with Crippen LogP contribution in [0.2, 0.25) is 0 Å². The summed E-state index contributed by atoms with van der Waals surface area (Å²) in [5.74, 6) is -6.33. The number of hydrogen-bond acceptors (Lipinski definition) is 15. The van der Waals surface area contributed by atoms with E-state index in [0.29, 0.717) is 19.3 Å². The van der Waals surface area contributed by atoms with Gasteiger partial charge in [0, 0.05) is 17.8 Å². The summed E-state index contributed by atoms with van der Waals surface area (Å²) in [5, 5.41) is 35.1. The van der Waals surface area contributed by atoms with E-state index in [4.69, 9.17) is 43.7 Å². The van der Waals surface area contributed by atoms with Gasteiger partial charge in [0.1, 0.15) is 37.9 Å². The van der Waals surface area contributed by atoms with Crippen molar-refractivity contribution in [3.8, 4) is 0 Å². The lowest BCUT2D eigenvalue weighted by Gasteiger charge is -2.34. The van der Waals surface area contributed by atoms with Crippen LogP contribution in [0, 0.1) is 17.8 Å². The Bertz CT molecular complexity index is 1020. The lowest BCUT2D eigenvalue weighted by Crippen LogP contribution is -2.51. The highest BCUT2D eigenvalue weighted by Gasteiger charge is 2.41. The summed E-state index contributed by atoms with van der Waals surface area (Å²) >= 11 is 0. The zero-order valence-electron chi connectivity index (χ0n) is 34.2. The van der Waals surface area contributed by atoms with E-state index in [1.54, 1.807) is 0 Å². The molecule has 0 radical (unpaired) electrons. The molecule has 3 unspecified atom stereocenters. The highest BCUT2D eigenvalue weighted by molar-refractivity contribution is 5.91. The van der Waals surface area contributed by atoms with Crippen molar-refractivity contribution in [2.75, 3.05) is 79.3 Å². The number of nitrogens with one attached hydrogen (secondary N) is 3. The maximum atomic E-state index is 13.9. The smallest absolute Gasteiger partial charge is 0.328 e. The lowest BCUT2D eigenvalue weighted by molar-refractivity contribution is -0.151. The molecular formula is C39H69N3O15. The number of carbonyl (C=O) groups excluding carboxylic acids is 6. The Labute approximate surface area is 336 Å². The maximum absolute atomic E-state index is 13.9. The third-order valence-corrected chi connectivity index (χ3v) is 9.28. The van der Waals surface area contributed by atoms with Crippen molar-refractivity contribution in [1.29, 1.82) is 0 Å². The molecular weight excluding hydrogens is 750 g/mol. The van der Waals surface area contributed by atoms with Gasteiger partial charge in [-0.15, -0.1) is 0 Å². The van der Waals surface area contributed by atoms with Crippen molar-refractivity contribution in [2.24, 2.45) is 17.8 Å². The zero-order chi connectivity index (χ0) is 42.3. The van der Waals surface area contributed by atoms with Crippen LogP contribution in [0.3, 0.4) is 0 Å². The molecule has 0 aromatic heterocycles. The van der Waals surface area contributed by atoms with E-state index in [2.05, 4.69) is 16.0 Å². The molecule has 0 aliphatic heterocycles. The third kappa shape index (κ3) is 22.4. The van der Waals surface area contributed by atoms with Crippen molar-refractivity contribution in [1.82, 2.24) is 16.0 Å². The van der Waals surface area contributed by atoms with Gasteiger partial charge in [0.2, 0.25) is 17.7 Å². The van der Waals surface area contributed by atoms with E-state index in [9.17, 15) is 28.8 Å². The molecule has 0 bridgehead atoms. The Morgan fingerprint density at radius 3 is 0.947 bits per heavy atom. The van der Waals surface area contributed by atoms with Gasteiger partial charge in [-0.05, 0) is 38.5 Å². The largest absolute Gasteiger partial charge is 0.462 e. The van der Waals surface area contributed by atoms with Gasteiger partial charge in [-0.25, -0.2) is 14.4 Å². The Hall–Kier alpha value is -3.42. The number of esters is 3. The molecule has 330 valence electrons. The number of aliphatic hydroxyl groups is 3. The van der Waals surface area contributed by atoms with Crippen molar-refractivity contribution >= 4 is 35.6 Å². The quantitative estimate of drug-likeness (QED) is 0.0303. The number of amides is 3. The number of hydrogen-bond donors (Lipinski definition) is 6. The standard InChI is InChI=1S/C39H69N3O15/c1-4-7-10-31(37(49)55-22-19-52-16-13-43)40-34(46)28-25-29(35(47)41-32(11-8-5-2)38(50)56-23-20-53-17-14-44)27-30(26-28)36(48)42-33(12-9-6-3)39(51)57-24-21-54-18-15-45/h28-33,43-45H,4-27H2,1-3H3,(H,40,46)(H,41,47)(H,42,48)/t28?,29?,30?,31-,32-,33?/m0/s1. The highest BCUT2D eigenvalue weighted by Crippen LogP contribution is 2.35. The van der Waals surface area contributed by atoms with E-state index < -0.39 is 71.5 Å². The second-order valence-corrected chi connectivity index (χ2v) is 13.9. The summed E-state index contributed by atoms with van der Waals surface area (Å²) in [4.78, 5) is 80.9. The second-order valence-electron chi connectivity index (χ2n) is 13.9. The van der Waals surface area contributed by atoms with Crippen LogP contribution in [0.15, 0.2) is 0 Å². The minimum absolute atomic E-state index is 0.0195. The fraction of sp³-hybridized carbons (Fsp3) is 0.846. The predicted octanol–water partition coefficient (Wildman–Crippen LogP) is 0.700. The summed E-state index contributed by atoms with van der Waals surface area (Å²) in [6, 6.07) is -3.00. The van der Waals surface area contributed by atoms with Gasteiger partial charge in [0.25, 0.3) is 0 Å². The lowest BCUT2D eigenvalue weighted by atomic mass is 9.73. The molecule has 1 aliphatic carbocycles. The molecule has 1 saturated carbocycles. The summed E-state index contributed by atoms with van der Waals surface area (Å²) in [6.45, 7) is 5.44. The average Bonchev–Trinajstić information content (AvgIpc) is 3.21. The third-order valence-electron chi connectivity index (χ3n) is 9.28. The molecule has 0 spiro atoms. The average molecular weight is 820 g/mol. The second kappa shape index (κ2) is 32.5. The van der Waals surface area contributed by atoms with Crippen molar-refractivity contribution in [3.63, 3.8) is 0 Å². The van der Waals surface area contributed by atoms with Crippen molar-refractivity contribution in [2.45, 2.75) is 116 Å². The SMILES string of the molecule is CCCCC(NC(=O)C1CC(C(=O)N[C@@H](CCCC)C(=O)OCCOCCO)CC(C(=O)N[C@@H](CCCC)C(=O)OCCOCCO)C1)C(=O)OCCOCCO. The number of ether oxygens (including phenoxy) is 6. The molecule has 6 N–H and O–H groups in total. The van der Waals surface area contributed by atoms with Crippen LogP contribution in [0.4, 0.5) is 0 Å². The molecule has 0 aromatic carbocycles. The van der Waals surface area contributed by atoms with Crippen LogP contribution in [0.25, 0.3) is 0 Å². The zero-order valence-corrected chi connectivity index (χ0v) is 34.2. The first-order valence-corrected chi connectivity index (χ1v) is 20.5. The van der Waals surface area contributed by atoms with E-state index in [1.165, 1.54) is 0 Å². The van der Waals surface area contributed by atoms with Gasteiger partial charge in [0.15, 0.2) is 0 Å². The topological polar surface area (TPSA) is 255 Å². The van der Waals surface area contributed by atoms with Crippen LogP contribution in [-0.4, -0.2) is 148 Å². The van der Waals surface area contributed by atoms with Crippen LogP contribution >= 0.6 is 0 Å². The Morgan fingerprint density at radius 1 is 0.456 bits per heavy atom. The Morgan fingerprint density at radius 2 is 0.719 bits per heavy atom. The molecule has 3 amide bonds. The van der Waals surface area contributed by atoms with E-state index in [0.717, 1.165) is 19.3 Å². The first-order chi connectivity index (χ1) is 27.6. The van der Waals surface area contributed by atoms with Gasteiger partial charge >= 0.3 is 17.9 Å². The Balaban J connectivity index is 3.29. The van der Waals surface area contributed by atoms with Gasteiger partial charge in [-0.1, -0.05) is 59.3 Å². The molecule has 57 heavy (non-hydrogen) atoms. The molecule has 5 atom stereocenters. The predicted molar refractivity (Wildman–Crippen MR) is 205 cm³/mol. The molecule has 18 nitrogen and oxygen atoms in total. The normalized spacial score (nSPS) is 18.1. The minimum atomic E-state index is -0.999. The molecule has 18 heteroatoms. The summed E-state index contributed by atoms with van der Waals surface area (Å²) in [6.07, 6.45) is 4.95. The maximum Gasteiger partial charge on any atom is 0.328 e. The highest BCUT2D eigenvalue weighted by atomic mass is 16.6. The number of rotatable bonds is 33. The van der Waals surface area contributed by atoms with Gasteiger partial charge in [0.05, 0.1) is 59.5 Å². The molecule has 1 fully saturated rings. The molecule has 1 rings (SSSR count). The first kappa shape index (κ1) is 51.6. The van der Waals surface area contributed by atoms with Crippen LogP contribution in [0.1, 0.15) is 97.8 Å². The van der Waals surface area contributed by atoms with Crippen LogP contribution in [-0.2, 0) is 57.2 Å². The number of unbranched alkanes of at least 4 members (excludes halogenated alkanes) is 3. The fourth-order valence-electron chi connectivity index (χ4n) is 6.21. The molecule has 1 aliphatic rings. The van der Waals surface area contributed by atoms with Gasteiger partial charge in [-0.3, -0.25) is 14.4 Å². The molecule has 0 heterocycles. The van der Waals surface area contributed by atoms with Crippen molar-refractivity contribution in [3.05, 3.63) is 0 Å². The van der Waals surface area contributed by atoms with Crippen LogP contribution in [0.5, 0.6) is 0 Å². The Kier molecular flexibility index (Phi) is 29.4. The summed E-state index contributed by atoms with van der Waals surface area (Å²) < 4.78 is 31.5. The summed E-state index contributed by atoms with van der Waals surface area (Å²) in [5.41, 5.74) is 0. The molecule has 0 aromatic rings. The van der Waals surface area contributed by atoms with E-state index >= 15 is 0 Å². The minimum Gasteiger partial charge on any atom is -0.462 e. The molecule has 0 saturated heterocycles. The van der Waals surface area contributed by atoms with E-state index in [-0.39, 0.29) is 118 Å². The fourth-order valence-corrected chi connectivity index (χ4v) is 6.21. The van der Waals surface area contributed by atoms with Crippen molar-refractivity contribution < 1.29 is 72.5 Å². The number of aliphatic hydroxyl groups excluding tert-OH is 3. The first-order valence-electron chi connectivity index (χ1n) is 20.5. The van der Waals surface area contributed by atoms with Gasteiger partial charge in [-0.2, -0.15) is 0 Å².